The van der Waals surface area contributed by atoms with Gasteiger partial charge in [0.15, 0.2) is 0 Å². The smallest absolute Gasteiger partial charge is 0.315 e. The Hall–Kier alpha value is -1.55. The van der Waals surface area contributed by atoms with Crippen LogP contribution in [0, 0.1) is 5.92 Å². The molecule has 2 atom stereocenters. The molecule has 1 heterocycles. The molecule has 1 aromatic carbocycles. The minimum atomic E-state index is -0.116. The lowest BCUT2D eigenvalue weighted by Gasteiger charge is -2.33. The maximum atomic E-state index is 12.0. The van der Waals surface area contributed by atoms with Crippen LogP contribution in [0.25, 0.3) is 0 Å². The molecule has 0 saturated carbocycles. The Labute approximate surface area is 127 Å². The topological polar surface area (TPSA) is 50.4 Å². The van der Waals surface area contributed by atoms with Gasteiger partial charge in [-0.3, -0.25) is 0 Å². The first-order chi connectivity index (χ1) is 10.00. The maximum Gasteiger partial charge on any atom is 0.315 e. The number of urea groups is 1. The summed E-state index contributed by atoms with van der Waals surface area (Å²) in [6, 6.07) is 10.2. The lowest BCUT2D eigenvalue weighted by Crippen LogP contribution is -2.49. The van der Waals surface area contributed by atoms with Gasteiger partial charge >= 0.3 is 6.03 Å². The van der Waals surface area contributed by atoms with Crippen molar-refractivity contribution in [2.24, 2.45) is 5.92 Å². The molecule has 4 nitrogen and oxygen atoms in total. The number of amides is 2. The van der Waals surface area contributed by atoms with E-state index in [4.69, 9.17) is 4.74 Å². The fraction of sp³-hybridized carbons (Fsp3) is 0.588. The fourth-order valence-electron chi connectivity index (χ4n) is 2.53. The van der Waals surface area contributed by atoms with Gasteiger partial charge in [-0.2, -0.15) is 0 Å². The van der Waals surface area contributed by atoms with E-state index in [1.165, 1.54) is 5.56 Å². The molecule has 116 valence electrons. The SMILES string of the molecule is C[C@@H](NC(=O)NC[C@H]1CCOC1)C(C)(C)c1ccccc1. The maximum absolute atomic E-state index is 12.0. The average Bonchev–Trinajstić information content (AvgIpc) is 2.99. The second-order valence-corrected chi connectivity index (χ2v) is 6.39. The number of rotatable bonds is 5. The molecule has 1 aliphatic heterocycles. The highest BCUT2D eigenvalue weighted by atomic mass is 16.5. The standard InChI is InChI=1S/C17H26N2O2/c1-13(17(2,3)15-7-5-4-6-8-15)19-16(20)18-11-14-9-10-21-12-14/h4-8,13-14H,9-12H2,1-3H3,(H2,18,19,20)/t13-,14-/m1/s1. The molecule has 0 radical (unpaired) electrons. The largest absolute Gasteiger partial charge is 0.381 e. The molecule has 0 spiro atoms. The van der Waals surface area contributed by atoms with Crippen LogP contribution in [0.4, 0.5) is 4.79 Å². The van der Waals surface area contributed by atoms with Gasteiger partial charge < -0.3 is 15.4 Å². The van der Waals surface area contributed by atoms with E-state index in [0.717, 1.165) is 19.6 Å². The summed E-state index contributed by atoms with van der Waals surface area (Å²) in [6.45, 7) is 8.60. The molecule has 0 unspecified atom stereocenters. The van der Waals surface area contributed by atoms with Crippen LogP contribution in [-0.2, 0) is 10.2 Å². The van der Waals surface area contributed by atoms with Crippen LogP contribution in [0.15, 0.2) is 30.3 Å². The zero-order valence-corrected chi connectivity index (χ0v) is 13.2. The molecule has 1 saturated heterocycles. The summed E-state index contributed by atoms with van der Waals surface area (Å²) in [5.41, 5.74) is 1.11. The number of nitrogens with one attached hydrogen (secondary N) is 2. The van der Waals surface area contributed by atoms with Crippen LogP contribution in [-0.4, -0.2) is 31.8 Å². The molecular weight excluding hydrogens is 264 g/mol. The Kier molecular flexibility index (Phi) is 5.23. The van der Waals surface area contributed by atoms with Crippen molar-refractivity contribution >= 4 is 6.03 Å². The Morgan fingerprint density at radius 1 is 1.38 bits per heavy atom. The third kappa shape index (κ3) is 4.21. The van der Waals surface area contributed by atoms with Gasteiger partial charge in [0.2, 0.25) is 0 Å². The zero-order valence-electron chi connectivity index (χ0n) is 13.2. The molecule has 0 bridgehead atoms. The van der Waals surface area contributed by atoms with E-state index in [-0.39, 0.29) is 17.5 Å². The summed E-state index contributed by atoms with van der Waals surface area (Å²) in [4.78, 5) is 12.0. The summed E-state index contributed by atoms with van der Waals surface area (Å²) in [6.07, 6.45) is 1.03. The van der Waals surface area contributed by atoms with Crippen molar-refractivity contribution in [1.82, 2.24) is 10.6 Å². The van der Waals surface area contributed by atoms with Gasteiger partial charge in [-0.1, -0.05) is 44.2 Å². The fourth-order valence-corrected chi connectivity index (χ4v) is 2.53. The molecule has 2 amide bonds. The van der Waals surface area contributed by atoms with Crippen LogP contribution in [0.2, 0.25) is 0 Å². The van der Waals surface area contributed by atoms with Crippen molar-refractivity contribution in [1.29, 1.82) is 0 Å². The molecular formula is C17H26N2O2. The number of hydrogen-bond donors (Lipinski definition) is 2. The molecule has 21 heavy (non-hydrogen) atoms. The predicted octanol–water partition coefficient (Wildman–Crippen LogP) is 2.69. The highest BCUT2D eigenvalue weighted by molar-refractivity contribution is 5.74. The lowest BCUT2D eigenvalue weighted by atomic mass is 9.78. The van der Waals surface area contributed by atoms with Crippen molar-refractivity contribution in [3.63, 3.8) is 0 Å². The first kappa shape index (κ1) is 15.8. The molecule has 1 fully saturated rings. The summed E-state index contributed by atoms with van der Waals surface area (Å²) >= 11 is 0. The van der Waals surface area contributed by atoms with Gasteiger partial charge in [0.25, 0.3) is 0 Å². The first-order valence-corrected chi connectivity index (χ1v) is 7.68. The number of ether oxygens (including phenoxy) is 1. The van der Waals surface area contributed by atoms with Crippen molar-refractivity contribution in [2.45, 2.75) is 38.6 Å². The van der Waals surface area contributed by atoms with E-state index in [1.807, 2.05) is 25.1 Å². The van der Waals surface area contributed by atoms with Gasteiger partial charge in [0.1, 0.15) is 0 Å². The lowest BCUT2D eigenvalue weighted by molar-refractivity contribution is 0.184. The van der Waals surface area contributed by atoms with Gasteiger partial charge in [0.05, 0.1) is 6.61 Å². The third-order valence-electron chi connectivity index (χ3n) is 4.52. The Morgan fingerprint density at radius 3 is 2.71 bits per heavy atom. The predicted molar refractivity (Wildman–Crippen MR) is 84.4 cm³/mol. The van der Waals surface area contributed by atoms with Gasteiger partial charge in [-0.05, 0) is 18.9 Å². The Morgan fingerprint density at radius 2 is 2.10 bits per heavy atom. The molecule has 0 aliphatic carbocycles. The summed E-state index contributed by atoms with van der Waals surface area (Å²) in [7, 11) is 0. The minimum Gasteiger partial charge on any atom is -0.381 e. The molecule has 2 N–H and O–H groups in total. The Bertz CT molecular complexity index is 453. The monoisotopic (exact) mass is 290 g/mol. The third-order valence-corrected chi connectivity index (χ3v) is 4.52. The van der Waals surface area contributed by atoms with Crippen molar-refractivity contribution < 1.29 is 9.53 Å². The molecule has 0 aromatic heterocycles. The molecule has 1 aromatic rings. The highest BCUT2D eigenvalue weighted by Gasteiger charge is 2.29. The van der Waals surface area contributed by atoms with E-state index in [2.05, 4.69) is 36.6 Å². The molecule has 1 aliphatic rings. The minimum absolute atomic E-state index is 0.0414. The molecule has 2 rings (SSSR count). The normalized spacial score (nSPS) is 20.0. The van der Waals surface area contributed by atoms with Crippen molar-refractivity contribution in [3.05, 3.63) is 35.9 Å². The second kappa shape index (κ2) is 6.94. The van der Waals surface area contributed by atoms with E-state index >= 15 is 0 Å². The van der Waals surface area contributed by atoms with Crippen molar-refractivity contribution in [3.8, 4) is 0 Å². The van der Waals surface area contributed by atoms with Crippen LogP contribution in [0.5, 0.6) is 0 Å². The van der Waals surface area contributed by atoms with Crippen LogP contribution < -0.4 is 10.6 Å². The van der Waals surface area contributed by atoms with E-state index in [0.29, 0.717) is 12.5 Å². The summed E-state index contributed by atoms with van der Waals surface area (Å²) < 4.78 is 5.31. The van der Waals surface area contributed by atoms with E-state index in [9.17, 15) is 4.79 Å². The van der Waals surface area contributed by atoms with Crippen LogP contribution in [0.1, 0.15) is 32.8 Å². The van der Waals surface area contributed by atoms with Gasteiger partial charge in [0, 0.05) is 30.5 Å². The average molecular weight is 290 g/mol. The molecule has 4 heteroatoms. The van der Waals surface area contributed by atoms with Gasteiger partial charge in [-0.25, -0.2) is 4.79 Å². The van der Waals surface area contributed by atoms with E-state index < -0.39 is 0 Å². The quantitative estimate of drug-likeness (QED) is 0.876. The highest BCUT2D eigenvalue weighted by Crippen LogP contribution is 2.26. The summed E-state index contributed by atoms with van der Waals surface area (Å²) in [5, 5.41) is 6.00. The van der Waals surface area contributed by atoms with Crippen LogP contribution >= 0.6 is 0 Å². The Balaban J connectivity index is 1.84. The second-order valence-electron chi connectivity index (χ2n) is 6.39. The van der Waals surface area contributed by atoms with Crippen LogP contribution in [0.3, 0.4) is 0 Å². The van der Waals surface area contributed by atoms with Crippen molar-refractivity contribution in [2.75, 3.05) is 19.8 Å². The number of carbonyl (C=O) groups excluding carboxylic acids is 1. The van der Waals surface area contributed by atoms with E-state index in [1.54, 1.807) is 0 Å². The number of carbonyl (C=O) groups is 1. The first-order valence-electron chi connectivity index (χ1n) is 7.68. The number of hydrogen-bond acceptors (Lipinski definition) is 2. The zero-order chi connectivity index (χ0) is 15.3. The van der Waals surface area contributed by atoms with Gasteiger partial charge in [-0.15, -0.1) is 0 Å². The number of benzene rings is 1. The summed E-state index contributed by atoms with van der Waals surface area (Å²) in [5.74, 6) is 0.452.